The van der Waals surface area contributed by atoms with Crippen LogP contribution in [0, 0.1) is 0 Å². The highest BCUT2D eigenvalue weighted by molar-refractivity contribution is 7.12. The first-order valence-corrected chi connectivity index (χ1v) is 9.46. The predicted octanol–water partition coefficient (Wildman–Crippen LogP) is 0.967. The summed E-state index contributed by atoms with van der Waals surface area (Å²) < 4.78 is 13.0. The zero-order chi connectivity index (χ0) is 18.3. The van der Waals surface area contributed by atoms with Gasteiger partial charge in [0, 0.05) is 18.5 Å². The summed E-state index contributed by atoms with van der Waals surface area (Å²) in [7, 11) is 3.82. The second kappa shape index (κ2) is 6.90. The van der Waals surface area contributed by atoms with Gasteiger partial charge in [0.25, 0.3) is 5.91 Å². The average Bonchev–Trinajstić information content (AvgIpc) is 3.24. The van der Waals surface area contributed by atoms with E-state index in [1.807, 2.05) is 35.1 Å². The SMILES string of the molecule is CN(C)C[C@H](O)c1cc2n(n1)CCN(C(=O)c1scc3c1OCCO3)C2. The van der Waals surface area contributed by atoms with E-state index in [-0.39, 0.29) is 5.91 Å². The molecule has 1 N–H and O–H groups in total. The van der Waals surface area contributed by atoms with E-state index in [0.29, 0.717) is 61.5 Å². The molecule has 140 valence electrons. The molecule has 4 heterocycles. The van der Waals surface area contributed by atoms with Gasteiger partial charge < -0.3 is 24.4 Å². The van der Waals surface area contributed by atoms with Crippen LogP contribution in [0.1, 0.15) is 27.2 Å². The maximum atomic E-state index is 12.9. The molecule has 2 aliphatic heterocycles. The monoisotopic (exact) mass is 378 g/mol. The molecule has 2 aromatic heterocycles. The number of carbonyl (C=O) groups is 1. The van der Waals surface area contributed by atoms with E-state index in [2.05, 4.69) is 5.10 Å². The summed E-state index contributed by atoms with van der Waals surface area (Å²) in [5, 5.41) is 16.6. The van der Waals surface area contributed by atoms with Crippen LogP contribution < -0.4 is 9.47 Å². The van der Waals surface area contributed by atoms with Crippen molar-refractivity contribution in [3.63, 3.8) is 0 Å². The third-order valence-corrected chi connectivity index (χ3v) is 5.41. The van der Waals surface area contributed by atoms with Gasteiger partial charge in [0.05, 0.1) is 24.5 Å². The number of carbonyl (C=O) groups excluding carboxylic acids is 1. The molecular weight excluding hydrogens is 356 g/mol. The van der Waals surface area contributed by atoms with Gasteiger partial charge in [-0.2, -0.15) is 5.10 Å². The molecule has 0 aromatic carbocycles. The summed E-state index contributed by atoms with van der Waals surface area (Å²) in [5.74, 6) is 1.16. The number of aliphatic hydroxyl groups excluding tert-OH is 1. The van der Waals surface area contributed by atoms with E-state index in [1.165, 1.54) is 11.3 Å². The average molecular weight is 378 g/mol. The maximum absolute atomic E-state index is 12.9. The molecule has 4 rings (SSSR count). The molecule has 1 atom stereocenters. The number of aliphatic hydroxyl groups is 1. The van der Waals surface area contributed by atoms with Gasteiger partial charge >= 0.3 is 0 Å². The zero-order valence-electron chi connectivity index (χ0n) is 14.8. The molecule has 0 aliphatic carbocycles. The minimum absolute atomic E-state index is 0.0513. The van der Waals surface area contributed by atoms with Crippen LogP contribution >= 0.6 is 11.3 Å². The summed E-state index contributed by atoms with van der Waals surface area (Å²) in [6.45, 7) is 3.14. The largest absolute Gasteiger partial charge is 0.485 e. The first-order valence-electron chi connectivity index (χ1n) is 8.58. The molecule has 0 spiro atoms. The minimum atomic E-state index is -0.637. The lowest BCUT2D eigenvalue weighted by atomic mass is 10.2. The highest BCUT2D eigenvalue weighted by atomic mass is 32.1. The number of nitrogens with zero attached hydrogens (tertiary/aromatic N) is 4. The van der Waals surface area contributed by atoms with Gasteiger partial charge in [0.15, 0.2) is 11.5 Å². The van der Waals surface area contributed by atoms with Crippen molar-refractivity contribution in [3.05, 3.63) is 27.7 Å². The Hall–Kier alpha value is -2.10. The molecule has 1 amide bonds. The molecule has 2 aliphatic rings. The molecule has 8 nitrogen and oxygen atoms in total. The van der Waals surface area contributed by atoms with Gasteiger partial charge in [-0.1, -0.05) is 0 Å². The van der Waals surface area contributed by atoms with Crippen LogP contribution in [0.15, 0.2) is 11.4 Å². The summed E-state index contributed by atoms with van der Waals surface area (Å²) >= 11 is 1.36. The number of hydrogen-bond donors (Lipinski definition) is 1. The van der Waals surface area contributed by atoms with Crippen LogP contribution in [0.2, 0.25) is 0 Å². The van der Waals surface area contributed by atoms with Crippen molar-refractivity contribution in [2.24, 2.45) is 0 Å². The first-order chi connectivity index (χ1) is 12.5. The topological polar surface area (TPSA) is 80.1 Å². The Kier molecular flexibility index (Phi) is 4.60. The Morgan fingerprint density at radius 3 is 3.00 bits per heavy atom. The van der Waals surface area contributed by atoms with E-state index in [0.717, 1.165) is 5.69 Å². The molecule has 0 fully saturated rings. The highest BCUT2D eigenvalue weighted by Gasteiger charge is 2.30. The van der Waals surface area contributed by atoms with Crippen molar-refractivity contribution in [1.82, 2.24) is 19.6 Å². The number of ether oxygens (including phenoxy) is 2. The van der Waals surface area contributed by atoms with Crippen LogP contribution in [0.25, 0.3) is 0 Å². The normalized spacial score (nSPS) is 17.3. The molecule has 2 aromatic rings. The molecule has 26 heavy (non-hydrogen) atoms. The van der Waals surface area contributed by atoms with Crippen molar-refractivity contribution in [1.29, 1.82) is 0 Å². The third-order valence-electron chi connectivity index (χ3n) is 4.48. The fraction of sp³-hybridized carbons (Fsp3) is 0.529. The van der Waals surface area contributed by atoms with Crippen molar-refractivity contribution >= 4 is 17.2 Å². The first kappa shape index (κ1) is 17.3. The van der Waals surface area contributed by atoms with E-state index in [1.54, 1.807) is 4.90 Å². The number of likely N-dealkylation sites (N-methyl/N-ethyl adjacent to an activating group) is 1. The van der Waals surface area contributed by atoms with Crippen molar-refractivity contribution in [2.45, 2.75) is 19.2 Å². The molecular formula is C17H22N4O4S. The summed E-state index contributed by atoms with van der Waals surface area (Å²) in [4.78, 5) is 17.2. The molecule has 0 saturated carbocycles. The number of hydrogen-bond acceptors (Lipinski definition) is 7. The fourth-order valence-electron chi connectivity index (χ4n) is 3.22. The molecule has 0 radical (unpaired) electrons. The van der Waals surface area contributed by atoms with Crippen molar-refractivity contribution in [3.8, 4) is 11.5 Å². The summed E-state index contributed by atoms with van der Waals surface area (Å²) in [5.41, 5.74) is 1.58. The molecule has 9 heteroatoms. The van der Waals surface area contributed by atoms with Gasteiger partial charge in [-0.15, -0.1) is 11.3 Å². The van der Waals surface area contributed by atoms with Gasteiger partial charge in [0.1, 0.15) is 24.2 Å². The third kappa shape index (κ3) is 3.17. The quantitative estimate of drug-likeness (QED) is 0.854. The Morgan fingerprint density at radius 1 is 1.38 bits per heavy atom. The summed E-state index contributed by atoms with van der Waals surface area (Å²) in [6.07, 6.45) is -0.637. The second-order valence-electron chi connectivity index (χ2n) is 6.74. The van der Waals surface area contributed by atoms with Crippen LogP contribution in [-0.2, 0) is 13.1 Å². The van der Waals surface area contributed by atoms with Gasteiger partial charge in [0.2, 0.25) is 0 Å². The lowest BCUT2D eigenvalue weighted by Gasteiger charge is -2.27. The van der Waals surface area contributed by atoms with Crippen LogP contribution in [0.3, 0.4) is 0 Å². The lowest BCUT2D eigenvalue weighted by Crippen LogP contribution is -2.38. The van der Waals surface area contributed by atoms with Crippen LogP contribution in [-0.4, -0.2) is 71.0 Å². The zero-order valence-corrected chi connectivity index (χ0v) is 15.7. The Morgan fingerprint density at radius 2 is 2.19 bits per heavy atom. The second-order valence-corrected chi connectivity index (χ2v) is 7.62. The standard InChI is InChI=1S/C17H22N4O4S/c1-19(2)9-13(22)12-7-11-8-20(3-4-21(11)18-12)17(23)16-15-14(10-26-16)24-5-6-25-15/h7,10,13,22H,3-6,8-9H2,1-2H3/t13-/m0/s1. The number of fused-ring (bicyclic) bond motifs is 2. The van der Waals surface area contributed by atoms with E-state index in [9.17, 15) is 9.90 Å². The summed E-state index contributed by atoms with van der Waals surface area (Å²) in [6, 6.07) is 1.89. The Bertz CT molecular complexity index is 816. The van der Waals surface area contributed by atoms with Gasteiger partial charge in [-0.05, 0) is 20.2 Å². The van der Waals surface area contributed by atoms with E-state index in [4.69, 9.17) is 9.47 Å². The van der Waals surface area contributed by atoms with Crippen molar-refractivity contribution in [2.75, 3.05) is 40.4 Å². The highest BCUT2D eigenvalue weighted by Crippen LogP contribution is 2.40. The van der Waals surface area contributed by atoms with Crippen molar-refractivity contribution < 1.29 is 19.4 Å². The number of thiophene rings is 1. The van der Waals surface area contributed by atoms with Crippen LogP contribution in [0.5, 0.6) is 11.5 Å². The minimum Gasteiger partial charge on any atom is -0.485 e. The van der Waals surface area contributed by atoms with Gasteiger partial charge in [-0.3, -0.25) is 9.48 Å². The Balaban J connectivity index is 1.50. The fourth-order valence-corrected chi connectivity index (χ4v) is 4.11. The molecule has 0 bridgehead atoms. The van der Waals surface area contributed by atoms with Gasteiger partial charge in [-0.25, -0.2) is 0 Å². The predicted molar refractivity (Wildman–Crippen MR) is 95.8 cm³/mol. The number of aromatic nitrogens is 2. The number of rotatable bonds is 4. The molecule has 0 saturated heterocycles. The van der Waals surface area contributed by atoms with E-state index < -0.39 is 6.10 Å². The van der Waals surface area contributed by atoms with E-state index >= 15 is 0 Å². The smallest absolute Gasteiger partial charge is 0.268 e. The maximum Gasteiger partial charge on any atom is 0.268 e. The number of amides is 1. The molecule has 0 unspecified atom stereocenters. The Labute approximate surface area is 155 Å². The lowest BCUT2D eigenvalue weighted by molar-refractivity contribution is 0.0702. The van der Waals surface area contributed by atoms with Crippen LogP contribution in [0.4, 0.5) is 0 Å².